The van der Waals surface area contributed by atoms with E-state index in [1.165, 1.54) is 12.1 Å². The Labute approximate surface area is 127 Å². The van der Waals surface area contributed by atoms with Crippen LogP contribution in [0.2, 0.25) is 5.02 Å². The summed E-state index contributed by atoms with van der Waals surface area (Å²) in [5, 5.41) is 10.7. The Morgan fingerprint density at radius 1 is 1.05 bits per heavy atom. The van der Waals surface area contributed by atoms with Gasteiger partial charge in [0.05, 0.1) is 5.56 Å². The van der Waals surface area contributed by atoms with Crippen LogP contribution >= 0.6 is 27.5 Å². The Hall–Kier alpha value is -1.04. The number of benzene rings is 2. The molecule has 0 aliphatic heterocycles. The Bertz CT molecular complexity index is 611. The summed E-state index contributed by atoms with van der Waals surface area (Å²) < 4.78 is 38.1. The minimum absolute atomic E-state index is 0.362. The van der Waals surface area contributed by atoms with E-state index in [0.29, 0.717) is 20.6 Å². The molecule has 20 heavy (non-hydrogen) atoms. The zero-order valence-corrected chi connectivity index (χ0v) is 12.3. The van der Waals surface area contributed by atoms with Crippen LogP contribution in [0.4, 0.5) is 13.2 Å². The average molecular weight is 366 g/mol. The predicted molar refractivity (Wildman–Crippen MR) is 74.7 cm³/mol. The van der Waals surface area contributed by atoms with Gasteiger partial charge in [-0.2, -0.15) is 13.2 Å². The van der Waals surface area contributed by atoms with E-state index in [0.717, 1.165) is 12.1 Å². The molecule has 2 aromatic carbocycles. The summed E-state index contributed by atoms with van der Waals surface area (Å²) in [6.07, 6.45) is -5.44. The number of hydrogen-bond donors (Lipinski definition) is 1. The lowest BCUT2D eigenvalue weighted by atomic mass is 10.0. The molecule has 0 fully saturated rings. The molecule has 2 aromatic rings. The van der Waals surface area contributed by atoms with Crippen molar-refractivity contribution in [3.8, 4) is 0 Å². The number of hydrogen-bond acceptors (Lipinski definition) is 1. The number of halogens is 5. The van der Waals surface area contributed by atoms with Gasteiger partial charge >= 0.3 is 6.18 Å². The van der Waals surface area contributed by atoms with Crippen LogP contribution in [0.5, 0.6) is 0 Å². The molecular formula is C14H9BrClF3O. The third-order valence-electron chi connectivity index (χ3n) is 2.81. The van der Waals surface area contributed by atoms with Gasteiger partial charge in [-0.05, 0) is 35.9 Å². The lowest BCUT2D eigenvalue weighted by Gasteiger charge is -2.15. The van der Waals surface area contributed by atoms with Crippen molar-refractivity contribution >= 4 is 27.5 Å². The van der Waals surface area contributed by atoms with Crippen LogP contribution < -0.4 is 0 Å². The van der Waals surface area contributed by atoms with Crippen molar-refractivity contribution in [2.75, 3.05) is 0 Å². The van der Waals surface area contributed by atoms with Crippen LogP contribution in [0.15, 0.2) is 46.9 Å². The van der Waals surface area contributed by atoms with Crippen molar-refractivity contribution in [2.45, 2.75) is 12.3 Å². The van der Waals surface area contributed by atoms with Crippen LogP contribution in [0, 0.1) is 0 Å². The third-order valence-corrected chi connectivity index (χ3v) is 3.76. The predicted octanol–water partition coefficient (Wildman–Crippen LogP) is 5.20. The molecule has 0 aromatic heterocycles. The summed E-state index contributed by atoms with van der Waals surface area (Å²) in [6.45, 7) is 0. The van der Waals surface area contributed by atoms with E-state index >= 15 is 0 Å². The van der Waals surface area contributed by atoms with E-state index in [2.05, 4.69) is 15.9 Å². The molecule has 1 nitrogen and oxygen atoms in total. The van der Waals surface area contributed by atoms with Crippen LogP contribution in [0.1, 0.15) is 22.8 Å². The molecule has 0 saturated carbocycles. The Morgan fingerprint density at radius 3 is 2.20 bits per heavy atom. The van der Waals surface area contributed by atoms with Crippen LogP contribution in [0.25, 0.3) is 0 Å². The normalized spacial score (nSPS) is 13.3. The van der Waals surface area contributed by atoms with Gasteiger partial charge in [0, 0.05) is 15.1 Å². The molecule has 106 valence electrons. The molecule has 0 heterocycles. The minimum Gasteiger partial charge on any atom is -0.384 e. The summed E-state index contributed by atoms with van der Waals surface area (Å²) >= 11 is 9.13. The minimum atomic E-state index is -4.39. The molecule has 0 aliphatic rings. The first-order valence-corrected chi connectivity index (χ1v) is 6.76. The second-order valence-corrected chi connectivity index (χ2v) is 5.48. The van der Waals surface area contributed by atoms with E-state index in [-0.39, 0.29) is 0 Å². The molecule has 0 saturated heterocycles. The molecule has 0 radical (unpaired) electrons. The quantitative estimate of drug-likeness (QED) is 0.775. The number of aliphatic hydroxyl groups is 1. The van der Waals surface area contributed by atoms with E-state index in [1.54, 1.807) is 18.2 Å². The number of aliphatic hydroxyl groups excluding tert-OH is 1. The fourth-order valence-corrected chi connectivity index (χ4v) is 2.40. The molecule has 1 unspecified atom stereocenters. The van der Waals surface area contributed by atoms with E-state index in [9.17, 15) is 18.3 Å². The van der Waals surface area contributed by atoms with Gasteiger partial charge in [0.2, 0.25) is 0 Å². The van der Waals surface area contributed by atoms with E-state index in [4.69, 9.17) is 11.6 Å². The van der Waals surface area contributed by atoms with Crippen molar-refractivity contribution in [1.29, 1.82) is 0 Å². The first-order valence-electron chi connectivity index (χ1n) is 5.59. The van der Waals surface area contributed by atoms with Gasteiger partial charge in [-0.1, -0.05) is 39.7 Å². The van der Waals surface area contributed by atoms with Crippen LogP contribution in [-0.4, -0.2) is 5.11 Å². The summed E-state index contributed by atoms with van der Waals surface area (Å²) in [6, 6.07) is 9.27. The van der Waals surface area contributed by atoms with Crippen molar-refractivity contribution in [1.82, 2.24) is 0 Å². The average Bonchev–Trinajstić information content (AvgIpc) is 2.40. The maximum atomic E-state index is 12.5. The molecule has 0 aliphatic carbocycles. The van der Waals surface area contributed by atoms with Crippen LogP contribution in [-0.2, 0) is 6.18 Å². The monoisotopic (exact) mass is 364 g/mol. The van der Waals surface area contributed by atoms with Gasteiger partial charge < -0.3 is 5.11 Å². The molecule has 6 heteroatoms. The zero-order valence-electron chi connectivity index (χ0n) is 9.96. The van der Waals surface area contributed by atoms with Gasteiger partial charge in [-0.3, -0.25) is 0 Å². The van der Waals surface area contributed by atoms with Gasteiger partial charge in [0.1, 0.15) is 6.10 Å². The van der Waals surface area contributed by atoms with Crippen molar-refractivity contribution < 1.29 is 18.3 Å². The highest BCUT2D eigenvalue weighted by molar-refractivity contribution is 9.10. The maximum Gasteiger partial charge on any atom is 0.416 e. The molecular weight excluding hydrogens is 357 g/mol. The number of rotatable bonds is 2. The Balaban J connectivity index is 2.34. The largest absolute Gasteiger partial charge is 0.416 e. The van der Waals surface area contributed by atoms with Gasteiger partial charge in [-0.25, -0.2) is 0 Å². The van der Waals surface area contributed by atoms with Crippen molar-refractivity contribution in [2.24, 2.45) is 0 Å². The highest BCUT2D eigenvalue weighted by Crippen LogP contribution is 2.33. The van der Waals surface area contributed by atoms with Crippen molar-refractivity contribution in [3.63, 3.8) is 0 Å². The van der Waals surface area contributed by atoms with Gasteiger partial charge in [-0.15, -0.1) is 0 Å². The molecule has 1 atom stereocenters. The standard InChI is InChI=1S/C14H9BrClF3O/c15-12-6-5-10(16)7-11(12)13(20)8-1-3-9(4-2-8)14(17,18)19/h1-7,13,20H. The lowest BCUT2D eigenvalue weighted by molar-refractivity contribution is -0.137. The molecule has 0 spiro atoms. The highest BCUT2D eigenvalue weighted by atomic mass is 79.9. The Kier molecular flexibility index (Phi) is 4.42. The summed E-state index contributed by atoms with van der Waals surface area (Å²) in [5.74, 6) is 0. The molecule has 0 bridgehead atoms. The topological polar surface area (TPSA) is 20.2 Å². The second kappa shape index (κ2) is 5.76. The zero-order chi connectivity index (χ0) is 14.9. The molecule has 1 N–H and O–H groups in total. The first kappa shape index (κ1) is 15.4. The molecule has 2 rings (SSSR count). The third kappa shape index (κ3) is 3.34. The fourth-order valence-electron chi connectivity index (χ4n) is 1.76. The fraction of sp³-hybridized carbons (Fsp3) is 0.143. The first-order chi connectivity index (χ1) is 9.29. The van der Waals surface area contributed by atoms with Crippen molar-refractivity contribution in [3.05, 3.63) is 68.7 Å². The SMILES string of the molecule is OC(c1ccc(C(F)(F)F)cc1)c1cc(Cl)ccc1Br. The molecule has 0 amide bonds. The maximum absolute atomic E-state index is 12.5. The summed E-state index contributed by atoms with van der Waals surface area (Å²) in [7, 11) is 0. The van der Waals surface area contributed by atoms with Crippen LogP contribution in [0.3, 0.4) is 0 Å². The second-order valence-electron chi connectivity index (χ2n) is 4.19. The summed E-state index contributed by atoms with van der Waals surface area (Å²) in [4.78, 5) is 0. The summed E-state index contributed by atoms with van der Waals surface area (Å²) in [5.41, 5.74) is 0.108. The highest BCUT2D eigenvalue weighted by Gasteiger charge is 2.30. The van der Waals surface area contributed by atoms with Gasteiger partial charge in [0.25, 0.3) is 0 Å². The lowest BCUT2D eigenvalue weighted by Crippen LogP contribution is -2.06. The smallest absolute Gasteiger partial charge is 0.384 e. The van der Waals surface area contributed by atoms with E-state index in [1.807, 2.05) is 0 Å². The van der Waals surface area contributed by atoms with Gasteiger partial charge in [0.15, 0.2) is 0 Å². The number of alkyl halides is 3. The Morgan fingerprint density at radius 2 is 1.65 bits per heavy atom. The van der Waals surface area contributed by atoms with E-state index < -0.39 is 17.8 Å².